The molecular formula is C42H42FN3O5. The van der Waals surface area contributed by atoms with Gasteiger partial charge in [0.2, 0.25) is 11.8 Å². The number of rotatable bonds is 13. The molecule has 5 aromatic rings. The number of para-hydroxylation sites is 2. The Morgan fingerprint density at radius 3 is 2.12 bits per heavy atom. The minimum atomic E-state index is -0.614. The Balaban J connectivity index is 1.34. The van der Waals surface area contributed by atoms with Gasteiger partial charge >= 0.3 is 6.09 Å². The van der Waals surface area contributed by atoms with Crippen molar-refractivity contribution in [1.82, 2.24) is 10.6 Å². The molecule has 3 amide bonds. The van der Waals surface area contributed by atoms with Crippen LogP contribution >= 0.6 is 0 Å². The second kappa shape index (κ2) is 17.1. The molecule has 5 aromatic carbocycles. The predicted molar refractivity (Wildman–Crippen MR) is 197 cm³/mol. The maximum atomic E-state index is 14.1. The molecule has 9 heteroatoms. The smallest absolute Gasteiger partial charge is 0.407 e. The highest BCUT2D eigenvalue weighted by Gasteiger charge is 2.22. The van der Waals surface area contributed by atoms with E-state index in [1.165, 1.54) is 6.07 Å². The summed E-state index contributed by atoms with van der Waals surface area (Å²) in [6.07, 6.45) is -0.677. The molecule has 262 valence electrons. The van der Waals surface area contributed by atoms with Gasteiger partial charge < -0.3 is 25.0 Å². The van der Waals surface area contributed by atoms with Gasteiger partial charge in [0, 0.05) is 31.5 Å². The summed E-state index contributed by atoms with van der Waals surface area (Å²) in [5, 5.41) is 5.47. The Kier molecular flexibility index (Phi) is 12.2. The van der Waals surface area contributed by atoms with Crippen molar-refractivity contribution in [1.29, 1.82) is 0 Å². The first-order chi connectivity index (χ1) is 24.5. The van der Waals surface area contributed by atoms with Gasteiger partial charge in [-0.2, -0.15) is 0 Å². The fourth-order valence-corrected chi connectivity index (χ4v) is 5.30. The molecule has 5 rings (SSSR count). The van der Waals surface area contributed by atoms with Crippen LogP contribution in [-0.2, 0) is 34.0 Å². The number of halogens is 1. The molecule has 0 heterocycles. The van der Waals surface area contributed by atoms with Crippen molar-refractivity contribution in [3.8, 4) is 22.6 Å². The molecule has 0 saturated carbocycles. The molecule has 0 atom stereocenters. The first kappa shape index (κ1) is 36.3. The van der Waals surface area contributed by atoms with E-state index in [1.807, 2.05) is 84.9 Å². The number of anilines is 1. The second-order valence-electron chi connectivity index (χ2n) is 13.0. The number of amides is 3. The van der Waals surface area contributed by atoms with Crippen molar-refractivity contribution in [2.45, 2.75) is 58.8 Å². The van der Waals surface area contributed by atoms with Crippen LogP contribution in [0, 0.1) is 5.82 Å². The van der Waals surface area contributed by atoms with Gasteiger partial charge in [0.05, 0.1) is 12.2 Å². The van der Waals surface area contributed by atoms with Crippen LogP contribution in [0.1, 0.15) is 50.3 Å². The van der Waals surface area contributed by atoms with E-state index < -0.39 is 17.5 Å². The highest BCUT2D eigenvalue weighted by Crippen LogP contribution is 2.34. The van der Waals surface area contributed by atoms with Gasteiger partial charge in [0.25, 0.3) is 0 Å². The van der Waals surface area contributed by atoms with Crippen molar-refractivity contribution in [2.75, 3.05) is 4.90 Å². The van der Waals surface area contributed by atoms with E-state index in [2.05, 4.69) is 10.6 Å². The summed E-state index contributed by atoms with van der Waals surface area (Å²) in [4.78, 5) is 40.5. The number of nitrogens with zero attached hydrogens (tertiary/aromatic N) is 1. The molecule has 0 aliphatic rings. The summed E-state index contributed by atoms with van der Waals surface area (Å²) in [7, 11) is 0. The minimum absolute atomic E-state index is 0.0280. The molecule has 0 aliphatic heterocycles. The molecule has 0 spiro atoms. The summed E-state index contributed by atoms with van der Waals surface area (Å²) < 4.78 is 25.8. The Labute approximate surface area is 298 Å². The number of carbonyl (C=O) groups excluding carboxylic acids is 3. The molecule has 0 aliphatic carbocycles. The lowest BCUT2D eigenvalue weighted by Gasteiger charge is -2.25. The van der Waals surface area contributed by atoms with E-state index in [1.54, 1.807) is 62.1 Å². The number of benzene rings is 5. The molecule has 0 saturated heterocycles. The topological polar surface area (TPSA) is 97.0 Å². The summed E-state index contributed by atoms with van der Waals surface area (Å²) in [6, 6.07) is 38.8. The molecule has 0 radical (unpaired) electrons. The van der Waals surface area contributed by atoms with E-state index in [4.69, 9.17) is 9.47 Å². The number of hydrogen-bond donors (Lipinski definition) is 2. The van der Waals surface area contributed by atoms with Crippen LogP contribution in [-0.4, -0.2) is 23.5 Å². The Hall–Kier alpha value is -5.96. The van der Waals surface area contributed by atoms with Crippen LogP contribution in [0.15, 0.2) is 127 Å². The van der Waals surface area contributed by atoms with Gasteiger partial charge in [0.15, 0.2) is 5.75 Å². The van der Waals surface area contributed by atoms with Crippen LogP contribution < -0.4 is 20.3 Å². The average Bonchev–Trinajstić information content (AvgIpc) is 3.12. The van der Waals surface area contributed by atoms with Crippen molar-refractivity contribution in [3.05, 3.63) is 150 Å². The number of nitrogens with one attached hydrogen (secondary N) is 2. The molecule has 51 heavy (non-hydrogen) atoms. The van der Waals surface area contributed by atoms with Crippen LogP contribution in [0.5, 0.6) is 11.5 Å². The molecule has 0 bridgehead atoms. The minimum Gasteiger partial charge on any atom is -0.455 e. The molecular weight excluding hydrogens is 645 g/mol. The standard InChI is InChI=1S/C42H42FN3O5/c1-42(2,3)51-41(49)45-27-31-12-11-16-35(26-31)50-38-19-10-9-18-37(38)46(29-30-20-22-33(23-21-30)32-13-5-4-6-14-32)40(48)25-24-39(47)44-28-34-15-7-8-17-36(34)43/h4-23,26H,24-25,27-29H2,1-3H3,(H,44,47)(H,45,49). The largest absolute Gasteiger partial charge is 0.455 e. The maximum Gasteiger partial charge on any atom is 0.407 e. The number of hydrogen-bond acceptors (Lipinski definition) is 5. The molecule has 0 fully saturated rings. The Morgan fingerprint density at radius 1 is 0.686 bits per heavy atom. The fraction of sp³-hybridized carbons (Fsp3) is 0.214. The molecule has 0 unspecified atom stereocenters. The van der Waals surface area contributed by atoms with Crippen LogP contribution in [0.25, 0.3) is 11.1 Å². The van der Waals surface area contributed by atoms with Gasteiger partial charge in [-0.05, 0) is 73.4 Å². The van der Waals surface area contributed by atoms with Crippen LogP contribution in [0.2, 0.25) is 0 Å². The summed E-state index contributed by atoms with van der Waals surface area (Å²) in [6.45, 7) is 5.89. The number of ether oxygens (including phenoxy) is 2. The van der Waals surface area contributed by atoms with E-state index >= 15 is 0 Å². The number of alkyl carbamates (subject to hydrolysis) is 1. The van der Waals surface area contributed by atoms with Gasteiger partial charge in [-0.15, -0.1) is 0 Å². The monoisotopic (exact) mass is 687 g/mol. The zero-order valence-corrected chi connectivity index (χ0v) is 29.0. The quantitative estimate of drug-likeness (QED) is 0.129. The fourth-order valence-electron chi connectivity index (χ4n) is 5.30. The zero-order chi connectivity index (χ0) is 36.2. The Morgan fingerprint density at radius 2 is 1.37 bits per heavy atom. The van der Waals surface area contributed by atoms with Crippen molar-refractivity contribution in [2.24, 2.45) is 0 Å². The van der Waals surface area contributed by atoms with Gasteiger partial charge in [-0.25, -0.2) is 9.18 Å². The summed E-state index contributed by atoms with van der Waals surface area (Å²) in [5.74, 6) is -0.0967. The molecule has 8 nitrogen and oxygen atoms in total. The van der Waals surface area contributed by atoms with E-state index in [9.17, 15) is 18.8 Å². The molecule has 2 N–H and O–H groups in total. The van der Waals surface area contributed by atoms with Crippen molar-refractivity contribution in [3.63, 3.8) is 0 Å². The molecule has 0 aromatic heterocycles. The third-order valence-corrected chi connectivity index (χ3v) is 7.82. The summed E-state index contributed by atoms with van der Waals surface area (Å²) >= 11 is 0. The van der Waals surface area contributed by atoms with Crippen LogP contribution in [0.3, 0.4) is 0 Å². The average molecular weight is 688 g/mol. The van der Waals surface area contributed by atoms with Gasteiger partial charge in [-0.3, -0.25) is 9.59 Å². The second-order valence-corrected chi connectivity index (χ2v) is 13.0. The lowest BCUT2D eigenvalue weighted by atomic mass is 10.0. The first-order valence-electron chi connectivity index (χ1n) is 16.8. The SMILES string of the molecule is CC(C)(C)OC(=O)NCc1cccc(Oc2ccccc2N(Cc2ccc(-c3ccccc3)cc2)C(=O)CCC(=O)NCc2ccccc2F)c1. The highest BCUT2D eigenvalue weighted by molar-refractivity contribution is 5.96. The van der Waals surface area contributed by atoms with Crippen molar-refractivity contribution >= 4 is 23.6 Å². The third-order valence-electron chi connectivity index (χ3n) is 7.82. The number of carbonyl (C=O) groups is 3. The lowest BCUT2D eigenvalue weighted by Crippen LogP contribution is -2.32. The lowest BCUT2D eigenvalue weighted by molar-refractivity contribution is -0.125. The van der Waals surface area contributed by atoms with E-state index in [0.29, 0.717) is 22.7 Å². The van der Waals surface area contributed by atoms with Crippen LogP contribution in [0.4, 0.5) is 14.9 Å². The van der Waals surface area contributed by atoms with E-state index in [0.717, 1.165) is 22.3 Å². The highest BCUT2D eigenvalue weighted by atomic mass is 19.1. The van der Waals surface area contributed by atoms with E-state index in [-0.39, 0.29) is 44.3 Å². The normalized spacial score (nSPS) is 11.0. The van der Waals surface area contributed by atoms with Gasteiger partial charge in [-0.1, -0.05) is 97.1 Å². The first-order valence-corrected chi connectivity index (χ1v) is 16.8. The predicted octanol–water partition coefficient (Wildman–Crippen LogP) is 8.94. The van der Waals surface area contributed by atoms with Crippen molar-refractivity contribution < 1.29 is 28.2 Å². The maximum absolute atomic E-state index is 14.1. The summed E-state index contributed by atoms with van der Waals surface area (Å²) in [5.41, 5.74) is 4.10. The Bertz CT molecular complexity index is 1940. The zero-order valence-electron chi connectivity index (χ0n) is 29.0. The van der Waals surface area contributed by atoms with Gasteiger partial charge in [0.1, 0.15) is 17.2 Å². The third kappa shape index (κ3) is 11.0.